The standard InChI is InChI=1S/C10H14ClN3O2/c1-2-14(5-6-15)10(16)9-7(11)3-4-8(12)13-9/h3-4,15H,2,5-6H2,1H3,(H2,12,13). The summed E-state index contributed by atoms with van der Waals surface area (Å²) in [7, 11) is 0. The van der Waals surface area contributed by atoms with Crippen molar-refractivity contribution in [3.63, 3.8) is 0 Å². The highest BCUT2D eigenvalue weighted by molar-refractivity contribution is 6.33. The quantitative estimate of drug-likeness (QED) is 0.819. The van der Waals surface area contributed by atoms with E-state index in [0.717, 1.165) is 0 Å². The van der Waals surface area contributed by atoms with Crippen LogP contribution in [0.2, 0.25) is 5.02 Å². The minimum absolute atomic E-state index is 0.0977. The largest absolute Gasteiger partial charge is 0.395 e. The molecule has 0 saturated heterocycles. The van der Waals surface area contributed by atoms with Gasteiger partial charge >= 0.3 is 0 Å². The molecule has 0 aliphatic heterocycles. The second kappa shape index (κ2) is 5.67. The number of hydrogen-bond donors (Lipinski definition) is 2. The molecular formula is C10H14ClN3O2. The number of aromatic nitrogens is 1. The minimum Gasteiger partial charge on any atom is -0.395 e. The number of hydrogen-bond acceptors (Lipinski definition) is 4. The van der Waals surface area contributed by atoms with Gasteiger partial charge in [-0.1, -0.05) is 11.6 Å². The zero-order chi connectivity index (χ0) is 12.1. The third-order valence-electron chi connectivity index (χ3n) is 2.11. The van der Waals surface area contributed by atoms with Gasteiger partial charge in [-0.3, -0.25) is 4.79 Å². The second-order valence-corrected chi connectivity index (χ2v) is 3.58. The predicted octanol–water partition coefficient (Wildman–Crippen LogP) is 0.772. The molecule has 0 unspecified atom stereocenters. The lowest BCUT2D eigenvalue weighted by Crippen LogP contribution is -2.34. The SMILES string of the molecule is CCN(CCO)C(=O)c1nc(N)ccc1Cl. The van der Waals surface area contributed by atoms with Crippen LogP contribution in [0.25, 0.3) is 0 Å². The third-order valence-corrected chi connectivity index (χ3v) is 2.41. The Kier molecular flexibility index (Phi) is 4.52. The van der Waals surface area contributed by atoms with Gasteiger partial charge in [-0.25, -0.2) is 4.98 Å². The number of carbonyl (C=O) groups is 1. The van der Waals surface area contributed by atoms with Crippen LogP contribution in [-0.4, -0.2) is 40.6 Å². The van der Waals surface area contributed by atoms with E-state index < -0.39 is 0 Å². The molecule has 1 heterocycles. The summed E-state index contributed by atoms with van der Waals surface area (Å²) in [5.74, 6) is -0.0818. The van der Waals surface area contributed by atoms with Crippen LogP contribution in [0, 0.1) is 0 Å². The molecule has 3 N–H and O–H groups in total. The van der Waals surface area contributed by atoms with E-state index in [1.165, 1.54) is 17.0 Å². The maximum atomic E-state index is 12.0. The molecule has 0 spiro atoms. The number of amides is 1. The van der Waals surface area contributed by atoms with Crippen LogP contribution >= 0.6 is 11.6 Å². The van der Waals surface area contributed by atoms with Crippen LogP contribution in [0.4, 0.5) is 5.82 Å². The zero-order valence-corrected chi connectivity index (χ0v) is 9.74. The van der Waals surface area contributed by atoms with Crippen molar-refractivity contribution in [3.05, 3.63) is 22.8 Å². The first-order valence-electron chi connectivity index (χ1n) is 4.92. The first kappa shape index (κ1) is 12.7. The number of pyridine rings is 1. The summed E-state index contributed by atoms with van der Waals surface area (Å²) in [6, 6.07) is 3.06. The van der Waals surface area contributed by atoms with Gasteiger partial charge < -0.3 is 15.7 Å². The maximum Gasteiger partial charge on any atom is 0.274 e. The molecule has 0 fully saturated rings. The molecule has 6 heteroatoms. The summed E-state index contributed by atoms with van der Waals surface area (Å²) in [5, 5.41) is 9.08. The predicted molar refractivity (Wildman–Crippen MR) is 62.3 cm³/mol. The van der Waals surface area contributed by atoms with Gasteiger partial charge in [0.2, 0.25) is 0 Å². The van der Waals surface area contributed by atoms with Crippen molar-refractivity contribution in [3.8, 4) is 0 Å². The highest BCUT2D eigenvalue weighted by Gasteiger charge is 2.18. The highest BCUT2D eigenvalue weighted by Crippen LogP contribution is 2.17. The molecule has 5 nitrogen and oxygen atoms in total. The second-order valence-electron chi connectivity index (χ2n) is 3.17. The van der Waals surface area contributed by atoms with E-state index >= 15 is 0 Å². The van der Waals surface area contributed by atoms with Crippen molar-refractivity contribution in [2.45, 2.75) is 6.92 Å². The normalized spacial score (nSPS) is 10.2. The number of anilines is 1. The summed E-state index contributed by atoms with van der Waals surface area (Å²) in [6.07, 6.45) is 0. The monoisotopic (exact) mass is 243 g/mol. The fourth-order valence-corrected chi connectivity index (χ4v) is 1.47. The van der Waals surface area contributed by atoms with Crippen molar-refractivity contribution in [2.75, 3.05) is 25.4 Å². The summed E-state index contributed by atoms with van der Waals surface area (Å²) >= 11 is 5.86. The molecule has 1 amide bonds. The molecule has 1 aromatic heterocycles. The van der Waals surface area contributed by atoms with Crippen LogP contribution in [0.5, 0.6) is 0 Å². The molecule has 0 atom stereocenters. The van der Waals surface area contributed by atoms with Crippen molar-refractivity contribution in [1.82, 2.24) is 9.88 Å². The lowest BCUT2D eigenvalue weighted by molar-refractivity contribution is 0.0726. The molecule has 0 aromatic carbocycles. The van der Waals surface area contributed by atoms with Crippen molar-refractivity contribution >= 4 is 23.3 Å². The Morgan fingerprint density at radius 3 is 2.88 bits per heavy atom. The molecule has 16 heavy (non-hydrogen) atoms. The van der Waals surface area contributed by atoms with E-state index in [0.29, 0.717) is 6.54 Å². The van der Waals surface area contributed by atoms with Gasteiger partial charge in [-0.15, -0.1) is 0 Å². The smallest absolute Gasteiger partial charge is 0.274 e. The number of carbonyl (C=O) groups excluding carboxylic acids is 1. The van der Waals surface area contributed by atoms with Crippen LogP contribution in [-0.2, 0) is 0 Å². The number of aliphatic hydroxyl groups excluding tert-OH is 1. The molecule has 1 aromatic rings. The molecule has 1 rings (SSSR count). The highest BCUT2D eigenvalue weighted by atomic mass is 35.5. The summed E-state index contributed by atoms with van der Waals surface area (Å²) in [4.78, 5) is 17.3. The van der Waals surface area contributed by atoms with Gasteiger partial charge in [0.25, 0.3) is 5.91 Å². The lowest BCUT2D eigenvalue weighted by atomic mass is 10.3. The molecule has 0 saturated carbocycles. The molecule has 88 valence electrons. The average Bonchev–Trinajstić information content (AvgIpc) is 2.28. The van der Waals surface area contributed by atoms with Crippen molar-refractivity contribution in [1.29, 1.82) is 0 Å². The molecule has 0 aliphatic carbocycles. The Balaban J connectivity index is 2.98. The van der Waals surface area contributed by atoms with Gasteiger partial charge in [0.05, 0.1) is 11.6 Å². The number of aliphatic hydroxyl groups is 1. The fraction of sp³-hybridized carbons (Fsp3) is 0.400. The van der Waals surface area contributed by atoms with Gasteiger partial charge in [0.1, 0.15) is 11.5 Å². The average molecular weight is 244 g/mol. The summed E-state index contributed by atoms with van der Waals surface area (Å²) in [6.45, 7) is 2.45. The van der Waals surface area contributed by atoms with Gasteiger partial charge in [-0.2, -0.15) is 0 Å². The van der Waals surface area contributed by atoms with Gasteiger partial charge in [-0.05, 0) is 19.1 Å². The van der Waals surface area contributed by atoms with E-state index in [1.807, 2.05) is 6.92 Å². The maximum absolute atomic E-state index is 12.0. The fourth-order valence-electron chi connectivity index (χ4n) is 1.28. The number of halogens is 1. The molecular weight excluding hydrogens is 230 g/mol. The van der Waals surface area contributed by atoms with Crippen LogP contribution in [0.1, 0.15) is 17.4 Å². The Bertz CT molecular complexity index is 384. The van der Waals surface area contributed by atoms with Crippen molar-refractivity contribution in [2.24, 2.45) is 0 Å². The number of rotatable bonds is 4. The zero-order valence-electron chi connectivity index (χ0n) is 8.98. The lowest BCUT2D eigenvalue weighted by Gasteiger charge is -2.19. The first-order valence-corrected chi connectivity index (χ1v) is 5.30. The van der Waals surface area contributed by atoms with E-state index in [-0.39, 0.29) is 35.6 Å². The number of nitrogens with two attached hydrogens (primary N) is 1. The molecule has 0 bridgehead atoms. The molecule has 0 radical (unpaired) electrons. The first-order chi connectivity index (χ1) is 7.60. The number of likely N-dealkylation sites (N-methyl/N-ethyl adjacent to an activating group) is 1. The Hall–Kier alpha value is -1.33. The number of nitrogen functional groups attached to an aromatic ring is 1. The van der Waals surface area contributed by atoms with E-state index in [9.17, 15) is 4.79 Å². The summed E-state index contributed by atoms with van der Waals surface area (Å²) < 4.78 is 0. The summed E-state index contributed by atoms with van der Waals surface area (Å²) in [5.41, 5.74) is 5.61. The Morgan fingerprint density at radius 2 is 2.31 bits per heavy atom. The minimum atomic E-state index is -0.325. The van der Waals surface area contributed by atoms with Crippen LogP contribution in [0.15, 0.2) is 12.1 Å². The topological polar surface area (TPSA) is 79.5 Å². The molecule has 0 aliphatic rings. The Morgan fingerprint density at radius 1 is 1.62 bits per heavy atom. The van der Waals surface area contributed by atoms with Gasteiger partial charge in [0.15, 0.2) is 0 Å². The van der Waals surface area contributed by atoms with E-state index in [2.05, 4.69) is 4.98 Å². The van der Waals surface area contributed by atoms with E-state index in [4.69, 9.17) is 22.4 Å². The Labute approximate surface area is 98.8 Å². The van der Waals surface area contributed by atoms with Crippen LogP contribution < -0.4 is 5.73 Å². The van der Waals surface area contributed by atoms with Crippen molar-refractivity contribution < 1.29 is 9.90 Å². The number of nitrogens with zero attached hydrogens (tertiary/aromatic N) is 2. The third kappa shape index (κ3) is 2.84. The van der Waals surface area contributed by atoms with E-state index in [1.54, 1.807) is 0 Å². The van der Waals surface area contributed by atoms with Crippen LogP contribution in [0.3, 0.4) is 0 Å². The van der Waals surface area contributed by atoms with Gasteiger partial charge in [0, 0.05) is 13.1 Å².